The van der Waals surface area contributed by atoms with Crippen LogP contribution in [-0.2, 0) is 0 Å². The molecule has 1 heterocycles. The van der Waals surface area contributed by atoms with Gasteiger partial charge in [0.1, 0.15) is 5.82 Å². The van der Waals surface area contributed by atoms with Gasteiger partial charge in [-0.3, -0.25) is 0 Å². The lowest BCUT2D eigenvalue weighted by Gasteiger charge is -2.25. The highest BCUT2D eigenvalue weighted by atomic mass is 79.9. The number of rotatable bonds is 0. The van der Waals surface area contributed by atoms with Gasteiger partial charge in [0.15, 0.2) is 0 Å². The summed E-state index contributed by atoms with van der Waals surface area (Å²) in [5.74, 6) is -0.234. The first-order valence-corrected chi connectivity index (χ1v) is 5.78. The van der Waals surface area contributed by atoms with Crippen LogP contribution in [0.3, 0.4) is 0 Å². The molecule has 0 amide bonds. The topological polar surface area (TPSA) is 24.1 Å². The molecule has 1 aromatic carbocycles. The average Bonchev–Trinajstić information content (AvgIpc) is 2.24. The zero-order chi connectivity index (χ0) is 11.1. The molecule has 2 nitrogen and oxygen atoms in total. The van der Waals surface area contributed by atoms with E-state index >= 15 is 0 Å². The highest BCUT2D eigenvalue weighted by Crippen LogP contribution is 2.33. The van der Waals surface area contributed by atoms with Crippen LogP contribution in [0.15, 0.2) is 16.6 Å². The SMILES string of the molecule is CC1(C)CCNc2cc(F)c(Br)cc2N1. The van der Waals surface area contributed by atoms with E-state index in [1.54, 1.807) is 6.07 Å². The minimum atomic E-state index is -0.234. The van der Waals surface area contributed by atoms with Gasteiger partial charge in [0.2, 0.25) is 0 Å². The third-order valence-electron chi connectivity index (χ3n) is 2.60. The highest BCUT2D eigenvalue weighted by Gasteiger charge is 2.22. The summed E-state index contributed by atoms with van der Waals surface area (Å²) < 4.78 is 13.8. The van der Waals surface area contributed by atoms with E-state index in [-0.39, 0.29) is 11.4 Å². The van der Waals surface area contributed by atoms with Crippen molar-refractivity contribution in [3.8, 4) is 0 Å². The molecular formula is C11H14BrFN2. The fourth-order valence-electron chi connectivity index (χ4n) is 1.73. The van der Waals surface area contributed by atoms with Gasteiger partial charge in [-0.25, -0.2) is 4.39 Å². The molecule has 0 aromatic heterocycles. The number of fused-ring (bicyclic) bond motifs is 1. The smallest absolute Gasteiger partial charge is 0.139 e. The average molecular weight is 273 g/mol. The van der Waals surface area contributed by atoms with E-state index in [0.29, 0.717) is 4.47 Å². The van der Waals surface area contributed by atoms with Crippen molar-refractivity contribution in [2.45, 2.75) is 25.8 Å². The minimum Gasteiger partial charge on any atom is -0.383 e. The van der Waals surface area contributed by atoms with Crippen LogP contribution in [0.4, 0.5) is 15.8 Å². The molecule has 0 radical (unpaired) electrons. The van der Waals surface area contributed by atoms with Crippen molar-refractivity contribution < 1.29 is 4.39 Å². The lowest BCUT2D eigenvalue weighted by Crippen LogP contribution is -2.30. The molecule has 1 aromatic rings. The van der Waals surface area contributed by atoms with Crippen LogP contribution in [0, 0.1) is 5.82 Å². The largest absolute Gasteiger partial charge is 0.383 e. The van der Waals surface area contributed by atoms with Crippen LogP contribution in [0.2, 0.25) is 0 Å². The Balaban J connectivity index is 2.43. The molecule has 15 heavy (non-hydrogen) atoms. The fourth-order valence-corrected chi connectivity index (χ4v) is 2.08. The zero-order valence-electron chi connectivity index (χ0n) is 8.82. The van der Waals surface area contributed by atoms with E-state index in [1.807, 2.05) is 0 Å². The summed E-state index contributed by atoms with van der Waals surface area (Å²) in [6, 6.07) is 3.30. The van der Waals surface area contributed by atoms with Gasteiger partial charge >= 0.3 is 0 Å². The Bertz CT molecular complexity index is 390. The lowest BCUT2D eigenvalue weighted by atomic mass is 10.0. The molecule has 1 aliphatic rings. The molecule has 0 saturated carbocycles. The summed E-state index contributed by atoms with van der Waals surface area (Å²) >= 11 is 3.19. The molecule has 0 atom stereocenters. The van der Waals surface area contributed by atoms with Crippen LogP contribution in [0.1, 0.15) is 20.3 Å². The predicted octanol–water partition coefficient (Wildman–Crippen LogP) is 3.59. The Morgan fingerprint density at radius 2 is 2.07 bits per heavy atom. The van der Waals surface area contributed by atoms with Crippen molar-refractivity contribution in [1.29, 1.82) is 0 Å². The van der Waals surface area contributed by atoms with Crippen molar-refractivity contribution in [2.24, 2.45) is 0 Å². The molecule has 0 bridgehead atoms. The van der Waals surface area contributed by atoms with Gasteiger partial charge in [-0.1, -0.05) is 0 Å². The molecule has 2 rings (SSSR count). The normalized spacial score (nSPS) is 18.4. The summed E-state index contributed by atoms with van der Waals surface area (Å²) in [5.41, 5.74) is 1.82. The Hall–Kier alpha value is -0.770. The Kier molecular flexibility index (Phi) is 2.63. The van der Waals surface area contributed by atoms with E-state index in [2.05, 4.69) is 40.4 Å². The summed E-state index contributed by atoms with van der Waals surface area (Å²) in [5, 5.41) is 6.63. The molecule has 1 aliphatic heterocycles. The first-order chi connectivity index (χ1) is 6.98. The Morgan fingerprint density at radius 3 is 2.80 bits per heavy atom. The van der Waals surface area contributed by atoms with Crippen LogP contribution >= 0.6 is 15.9 Å². The number of halogens is 2. The lowest BCUT2D eigenvalue weighted by molar-refractivity contribution is 0.540. The zero-order valence-corrected chi connectivity index (χ0v) is 10.4. The first-order valence-electron chi connectivity index (χ1n) is 4.99. The maximum absolute atomic E-state index is 13.3. The minimum absolute atomic E-state index is 0.0372. The van der Waals surface area contributed by atoms with Crippen LogP contribution in [-0.4, -0.2) is 12.1 Å². The van der Waals surface area contributed by atoms with Crippen molar-refractivity contribution >= 4 is 27.3 Å². The van der Waals surface area contributed by atoms with Crippen molar-refractivity contribution in [2.75, 3.05) is 17.2 Å². The van der Waals surface area contributed by atoms with Crippen LogP contribution < -0.4 is 10.6 Å². The van der Waals surface area contributed by atoms with Crippen LogP contribution in [0.25, 0.3) is 0 Å². The Morgan fingerprint density at radius 1 is 1.33 bits per heavy atom. The monoisotopic (exact) mass is 272 g/mol. The van der Waals surface area contributed by atoms with Crippen LogP contribution in [0.5, 0.6) is 0 Å². The molecule has 0 spiro atoms. The van der Waals surface area contributed by atoms with Gasteiger partial charge in [-0.15, -0.1) is 0 Å². The summed E-state index contributed by atoms with van der Waals surface area (Å²) in [4.78, 5) is 0. The predicted molar refractivity (Wildman–Crippen MR) is 64.9 cm³/mol. The van der Waals surface area contributed by atoms with E-state index in [4.69, 9.17) is 0 Å². The number of hydrogen-bond acceptors (Lipinski definition) is 2. The number of nitrogens with one attached hydrogen (secondary N) is 2. The molecule has 82 valence electrons. The molecule has 0 saturated heterocycles. The van der Waals surface area contributed by atoms with Crippen molar-refractivity contribution in [1.82, 2.24) is 0 Å². The first kappa shape index (κ1) is 10.7. The van der Waals surface area contributed by atoms with E-state index in [0.717, 1.165) is 24.3 Å². The van der Waals surface area contributed by atoms with Crippen molar-refractivity contribution in [3.63, 3.8) is 0 Å². The second-order valence-electron chi connectivity index (χ2n) is 4.50. The molecular weight excluding hydrogens is 259 g/mol. The number of anilines is 2. The highest BCUT2D eigenvalue weighted by molar-refractivity contribution is 9.10. The summed E-state index contributed by atoms with van der Waals surface area (Å²) in [6.07, 6.45) is 1.00. The molecule has 0 aliphatic carbocycles. The van der Waals surface area contributed by atoms with Crippen molar-refractivity contribution in [3.05, 3.63) is 22.4 Å². The molecule has 2 N–H and O–H groups in total. The van der Waals surface area contributed by atoms with E-state index in [9.17, 15) is 4.39 Å². The number of hydrogen-bond donors (Lipinski definition) is 2. The van der Waals surface area contributed by atoms with Gasteiger partial charge < -0.3 is 10.6 Å². The van der Waals surface area contributed by atoms with Gasteiger partial charge in [0.25, 0.3) is 0 Å². The third-order valence-corrected chi connectivity index (χ3v) is 3.21. The van der Waals surface area contributed by atoms with Gasteiger partial charge in [-0.2, -0.15) is 0 Å². The maximum Gasteiger partial charge on any atom is 0.139 e. The van der Waals surface area contributed by atoms with E-state index < -0.39 is 0 Å². The van der Waals surface area contributed by atoms with Gasteiger partial charge in [-0.05, 0) is 42.3 Å². The number of benzene rings is 1. The van der Waals surface area contributed by atoms with Gasteiger partial charge in [0, 0.05) is 18.2 Å². The summed E-state index contributed by atoms with van der Waals surface area (Å²) in [6.45, 7) is 5.14. The third kappa shape index (κ3) is 2.25. The maximum atomic E-state index is 13.3. The summed E-state index contributed by atoms with van der Waals surface area (Å²) in [7, 11) is 0. The quantitative estimate of drug-likeness (QED) is 0.754. The standard InChI is InChI=1S/C11H14BrFN2/c1-11(2)3-4-14-9-6-8(13)7(12)5-10(9)15-11/h5-6,14-15H,3-4H2,1-2H3. The molecule has 0 unspecified atom stereocenters. The second-order valence-corrected chi connectivity index (χ2v) is 5.35. The fraction of sp³-hybridized carbons (Fsp3) is 0.455. The van der Waals surface area contributed by atoms with Gasteiger partial charge in [0.05, 0.1) is 15.8 Å². The molecule has 0 fully saturated rings. The second kappa shape index (κ2) is 3.67. The van der Waals surface area contributed by atoms with E-state index in [1.165, 1.54) is 6.07 Å². The molecule has 4 heteroatoms. The Labute approximate surface area is 97.4 Å².